The largest absolute Gasteiger partial charge is 0.456 e. The highest BCUT2D eigenvalue weighted by atomic mass is 16.6. The first-order valence-corrected chi connectivity index (χ1v) is 9.55. The molecule has 2 aromatic heterocycles. The Balaban J connectivity index is 1.94. The van der Waals surface area contributed by atoms with Gasteiger partial charge in [0.15, 0.2) is 5.65 Å². The number of hydrogen-bond donors (Lipinski definition) is 0. The third-order valence-corrected chi connectivity index (χ3v) is 4.63. The summed E-state index contributed by atoms with van der Waals surface area (Å²) in [6.07, 6.45) is 1.77. The van der Waals surface area contributed by atoms with Gasteiger partial charge in [0.2, 0.25) is 5.91 Å². The molecular formula is C20H28N4O4. The molecule has 8 heteroatoms. The summed E-state index contributed by atoms with van der Waals surface area (Å²) in [5.41, 5.74) is 1.76. The van der Waals surface area contributed by atoms with Gasteiger partial charge in [-0.05, 0) is 41.0 Å². The first-order valence-electron chi connectivity index (χ1n) is 9.55. The van der Waals surface area contributed by atoms with Crippen molar-refractivity contribution in [2.24, 2.45) is 0 Å². The molecule has 0 N–H and O–H groups in total. The van der Waals surface area contributed by atoms with Gasteiger partial charge >= 0.3 is 5.97 Å². The molecule has 1 amide bonds. The number of aromatic nitrogens is 3. The second kappa shape index (κ2) is 7.50. The van der Waals surface area contributed by atoms with Crippen LogP contribution in [0.15, 0.2) is 12.3 Å². The minimum absolute atomic E-state index is 0.0437. The number of hydrogen-bond acceptors (Lipinski definition) is 6. The van der Waals surface area contributed by atoms with Crippen molar-refractivity contribution in [3.63, 3.8) is 0 Å². The third kappa shape index (κ3) is 4.32. The third-order valence-electron chi connectivity index (χ3n) is 4.63. The fraction of sp³-hybridized carbons (Fsp3) is 0.600. The fourth-order valence-electron chi connectivity index (χ4n) is 3.43. The van der Waals surface area contributed by atoms with E-state index in [4.69, 9.17) is 9.47 Å². The van der Waals surface area contributed by atoms with Crippen molar-refractivity contribution in [3.05, 3.63) is 29.2 Å². The molecule has 0 aromatic carbocycles. The summed E-state index contributed by atoms with van der Waals surface area (Å²) in [4.78, 5) is 30.5. The van der Waals surface area contributed by atoms with Gasteiger partial charge in [0.05, 0.1) is 23.6 Å². The first-order chi connectivity index (χ1) is 13.0. The summed E-state index contributed by atoms with van der Waals surface area (Å²) in [6.45, 7) is 12.0. The molecule has 1 saturated heterocycles. The van der Waals surface area contributed by atoms with Crippen molar-refractivity contribution >= 4 is 17.5 Å². The number of carbonyl (C=O) groups is 2. The SMILES string of the molecule is CC(=O)N1CC[C@@H](O[C@@H](C)c2c(C(=O)OC(C)(C)C)cnc3cc(C)nn23)C1. The zero-order valence-electron chi connectivity index (χ0n) is 17.4. The Bertz CT molecular complexity index is 899. The second-order valence-electron chi connectivity index (χ2n) is 8.27. The molecule has 152 valence electrons. The molecule has 2 aromatic rings. The predicted octanol–water partition coefficient (Wildman–Crippen LogP) is 2.69. The van der Waals surface area contributed by atoms with Crippen LogP contribution >= 0.6 is 0 Å². The van der Waals surface area contributed by atoms with Gasteiger partial charge in [-0.15, -0.1) is 0 Å². The zero-order chi connectivity index (χ0) is 20.6. The molecule has 1 aliphatic heterocycles. The topological polar surface area (TPSA) is 86.0 Å². The van der Waals surface area contributed by atoms with Crippen LogP contribution in [0.5, 0.6) is 0 Å². The molecule has 8 nitrogen and oxygen atoms in total. The number of amides is 1. The summed E-state index contributed by atoms with van der Waals surface area (Å²) in [7, 11) is 0. The van der Waals surface area contributed by atoms with Gasteiger partial charge in [0, 0.05) is 32.3 Å². The summed E-state index contributed by atoms with van der Waals surface area (Å²) in [6, 6.07) is 1.85. The summed E-state index contributed by atoms with van der Waals surface area (Å²) < 4.78 is 13.4. The van der Waals surface area contributed by atoms with Gasteiger partial charge in [-0.25, -0.2) is 14.3 Å². The summed E-state index contributed by atoms with van der Waals surface area (Å²) >= 11 is 0. The molecule has 28 heavy (non-hydrogen) atoms. The molecule has 0 bridgehead atoms. The van der Waals surface area contributed by atoms with E-state index >= 15 is 0 Å². The number of esters is 1. The lowest BCUT2D eigenvalue weighted by molar-refractivity contribution is -0.128. The maximum atomic E-state index is 12.8. The minimum atomic E-state index is -0.624. The molecule has 3 heterocycles. The highest BCUT2D eigenvalue weighted by molar-refractivity contribution is 5.91. The molecule has 2 atom stereocenters. The number of fused-ring (bicyclic) bond motifs is 1. The van der Waals surface area contributed by atoms with E-state index in [9.17, 15) is 9.59 Å². The lowest BCUT2D eigenvalue weighted by Crippen LogP contribution is -2.29. The van der Waals surface area contributed by atoms with Gasteiger partial charge in [-0.3, -0.25) is 4.79 Å². The maximum Gasteiger partial charge on any atom is 0.342 e. The van der Waals surface area contributed by atoms with E-state index in [1.54, 1.807) is 16.3 Å². The molecule has 1 aliphatic rings. The van der Waals surface area contributed by atoms with E-state index in [0.717, 1.165) is 12.1 Å². The molecule has 0 unspecified atom stereocenters. The number of likely N-dealkylation sites (tertiary alicyclic amines) is 1. The highest BCUT2D eigenvalue weighted by Gasteiger charge is 2.30. The minimum Gasteiger partial charge on any atom is -0.456 e. The number of aryl methyl sites for hydroxylation is 1. The number of ether oxygens (including phenoxy) is 2. The average Bonchev–Trinajstić information content (AvgIpc) is 3.17. The summed E-state index contributed by atoms with van der Waals surface area (Å²) in [5, 5.41) is 4.49. The van der Waals surface area contributed by atoms with E-state index in [1.807, 2.05) is 40.7 Å². The average molecular weight is 388 g/mol. The van der Waals surface area contributed by atoms with Crippen LogP contribution in [-0.4, -0.2) is 56.2 Å². The van der Waals surface area contributed by atoms with Crippen LogP contribution in [0.2, 0.25) is 0 Å². The zero-order valence-corrected chi connectivity index (χ0v) is 17.4. The highest BCUT2D eigenvalue weighted by Crippen LogP contribution is 2.27. The van der Waals surface area contributed by atoms with Crippen LogP contribution in [-0.2, 0) is 14.3 Å². The van der Waals surface area contributed by atoms with Gasteiger partial charge in [0.1, 0.15) is 11.2 Å². The van der Waals surface area contributed by atoms with Crippen LogP contribution in [0, 0.1) is 6.92 Å². The van der Waals surface area contributed by atoms with Crippen LogP contribution in [0.25, 0.3) is 5.65 Å². The van der Waals surface area contributed by atoms with E-state index in [1.165, 1.54) is 6.20 Å². The molecular weight excluding hydrogens is 360 g/mol. The Morgan fingerprint density at radius 1 is 1.32 bits per heavy atom. The normalized spacial score (nSPS) is 18.5. The van der Waals surface area contributed by atoms with E-state index in [2.05, 4.69) is 10.1 Å². The van der Waals surface area contributed by atoms with E-state index < -0.39 is 17.7 Å². The Morgan fingerprint density at radius 3 is 2.64 bits per heavy atom. The van der Waals surface area contributed by atoms with Gasteiger partial charge < -0.3 is 14.4 Å². The standard InChI is InChI=1S/C20H28N4O4/c1-12-9-17-21-10-16(19(26)28-20(4,5)6)18(24(17)22-12)13(2)27-15-7-8-23(11-15)14(3)25/h9-10,13,15H,7-8,11H2,1-6H3/t13-,15+/m0/s1. The van der Waals surface area contributed by atoms with Crippen molar-refractivity contribution in [3.8, 4) is 0 Å². The number of nitrogens with zero attached hydrogens (tertiary/aromatic N) is 4. The van der Waals surface area contributed by atoms with Crippen molar-refractivity contribution in [1.29, 1.82) is 0 Å². The smallest absolute Gasteiger partial charge is 0.342 e. The van der Waals surface area contributed by atoms with Crippen LogP contribution < -0.4 is 0 Å². The monoisotopic (exact) mass is 388 g/mol. The van der Waals surface area contributed by atoms with E-state index in [-0.39, 0.29) is 12.0 Å². The maximum absolute atomic E-state index is 12.8. The molecule has 0 aliphatic carbocycles. The van der Waals surface area contributed by atoms with Crippen LogP contribution in [0.4, 0.5) is 0 Å². The molecule has 0 saturated carbocycles. The molecule has 3 rings (SSSR count). The van der Waals surface area contributed by atoms with Gasteiger partial charge in [-0.2, -0.15) is 5.10 Å². The van der Waals surface area contributed by atoms with Gasteiger partial charge in [-0.1, -0.05) is 0 Å². The molecule has 0 spiro atoms. The first kappa shape index (κ1) is 20.3. The number of carbonyl (C=O) groups excluding carboxylic acids is 2. The van der Waals surface area contributed by atoms with Gasteiger partial charge in [0.25, 0.3) is 0 Å². The van der Waals surface area contributed by atoms with Crippen molar-refractivity contribution in [2.45, 2.75) is 65.8 Å². The fourth-order valence-corrected chi connectivity index (χ4v) is 3.43. The van der Waals surface area contributed by atoms with E-state index in [0.29, 0.717) is 30.0 Å². The molecule has 1 fully saturated rings. The Kier molecular flexibility index (Phi) is 5.43. The Morgan fingerprint density at radius 2 is 2.04 bits per heavy atom. The lowest BCUT2D eigenvalue weighted by Gasteiger charge is -2.24. The lowest BCUT2D eigenvalue weighted by atomic mass is 10.1. The number of rotatable bonds is 4. The summed E-state index contributed by atoms with van der Waals surface area (Å²) in [5.74, 6) is -0.417. The van der Waals surface area contributed by atoms with Crippen LogP contribution in [0.1, 0.15) is 68.9 Å². The van der Waals surface area contributed by atoms with Crippen molar-refractivity contribution in [2.75, 3.05) is 13.1 Å². The van der Waals surface area contributed by atoms with Crippen molar-refractivity contribution in [1.82, 2.24) is 19.5 Å². The predicted molar refractivity (Wildman–Crippen MR) is 103 cm³/mol. The second-order valence-corrected chi connectivity index (χ2v) is 8.27. The van der Waals surface area contributed by atoms with Crippen molar-refractivity contribution < 1.29 is 19.1 Å². The van der Waals surface area contributed by atoms with Crippen LogP contribution in [0.3, 0.4) is 0 Å². The Labute approximate surface area is 164 Å². The Hall–Kier alpha value is -2.48. The molecule has 0 radical (unpaired) electrons. The quantitative estimate of drug-likeness (QED) is 0.749.